The number of piperidine rings is 1. The molecule has 5 N–H and O–H groups in total. The van der Waals surface area contributed by atoms with Crippen LogP contribution in [0.4, 0.5) is 5.69 Å². The van der Waals surface area contributed by atoms with Gasteiger partial charge in [0.2, 0.25) is 0 Å². The second-order valence-corrected chi connectivity index (χ2v) is 11.0. The van der Waals surface area contributed by atoms with E-state index in [-0.39, 0.29) is 11.6 Å². The molecule has 1 unspecified atom stereocenters. The summed E-state index contributed by atoms with van der Waals surface area (Å²) < 4.78 is 0. The number of hydrogen-bond donors (Lipinski definition) is 4. The molecule has 1 atom stereocenters. The fourth-order valence-electron chi connectivity index (χ4n) is 5.67. The quantitative estimate of drug-likeness (QED) is 0.189. The van der Waals surface area contributed by atoms with E-state index in [4.69, 9.17) is 10.7 Å². The van der Waals surface area contributed by atoms with E-state index in [1.807, 2.05) is 18.5 Å². The molecule has 7 heteroatoms. The third-order valence-electron chi connectivity index (χ3n) is 8.07. The van der Waals surface area contributed by atoms with Gasteiger partial charge in [-0.2, -0.15) is 0 Å². The zero-order valence-corrected chi connectivity index (χ0v) is 22.3. The maximum atomic E-state index is 6.64. The average molecular weight is 508 g/mol. The van der Waals surface area contributed by atoms with Crippen molar-refractivity contribution >= 4 is 22.6 Å². The van der Waals surface area contributed by atoms with E-state index >= 15 is 0 Å². The molecule has 0 amide bonds. The van der Waals surface area contributed by atoms with Crippen molar-refractivity contribution < 1.29 is 0 Å². The Bertz CT molecular complexity index is 1450. The van der Waals surface area contributed by atoms with Crippen molar-refractivity contribution in [2.75, 3.05) is 18.8 Å². The maximum absolute atomic E-state index is 6.64. The van der Waals surface area contributed by atoms with Crippen molar-refractivity contribution in [2.24, 2.45) is 4.99 Å². The Morgan fingerprint density at radius 3 is 2.68 bits per heavy atom. The van der Waals surface area contributed by atoms with E-state index in [0.29, 0.717) is 11.6 Å². The van der Waals surface area contributed by atoms with Gasteiger partial charge >= 0.3 is 0 Å². The van der Waals surface area contributed by atoms with Gasteiger partial charge in [-0.15, -0.1) is 0 Å². The van der Waals surface area contributed by atoms with Gasteiger partial charge in [-0.3, -0.25) is 9.98 Å². The number of nitrogens with zero attached hydrogens (tertiary/aromatic N) is 3. The predicted molar refractivity (Wildman–Crippen MR) is 155 cm³/mol. The number of nitrogens with one attached hydrogen (secondary N) is 3. The van der Waals surface area contributed by atoms with Gasteiger partial charge in [0, 0.05) is 34.6 Å². The van der Waals surface area contributed by atoms with E-state index in [2.05, 4.69) is 75.8 Å². The van der Waals surface area contributed by atoms with Gasteiger partial charge in [-0.1, -0.05) is 37.3 Å². The van der Waals surface area contributed by atoms with Crippen molar-refractivity contribution in [1.82, 2.24) is 25.6 Å². The molecule has 7 nitrogen and oxygen atoms in total. The molecule has 0 radical (unpaired) electrons. The highest BCUT2D eigenvalue weighted by molar-refractivity contribution is 6.05. The van der Waals surface area contributed by atoms with Gasteiger partial charge in [0.1, 0.15) is 11.5 Å². The molecular formula is C31H37N7. The number of aromatic nitrogens is 3. The third-order valence-corrected chi connectivity index (χ3v) is 8.07. The molecular weight excluding hydrogens is 470 g/mol. The van der Waals surface area contributed by atoms with Crippen LogP contribution >= 0.6 is 0 Å². The van der Waals surface area contributed by atoms with Gasteiger partial charge in [-0.05, 0) is 86.9 Å². The predicted octanol–water partition coefficient (Wildman–Crippen LogP) is 5.71. The van der Waals surface area contributed by atoms with E-state index in [9.17, 15) is 0 Å². The SMILES string of the molecule is CCC(N=C(NC1(C)CCNCC1)c1c(N)cncc1C1CC1)c1ccnc2[nH]c(-c3ccccc3)cc12. The summed E-state index contributed by atoms with van der Waals surface area (Å²) in [4.78, 5) is 18.1. The smallest absolute Gasteiger partial charge is 0.138 e. The Morgan fingerprint density at radius 2 is 1.95 bits per heavy atom. The lowest BCUT2D eigenvalue weighted by Gasteiger charge is -2.37. The normalized spacial score (nSPS) is 18.4. The largest absolute Gasteiger partial charge is 0.397 e. The molecule has 1 saturated carbocycles. The number of rotatable bonds is 7. The number of anilines is 1. The molecule has 4 aromatic rings. The van der Waals surface area contributed by atoms with Crippen LogP contribution in [-0.2, 0) is 0 Å². The number of pyridine rings is 2. The number of H-pyrrole nitrogens is 1. The van der Waals surface area contributed by atoms with Crippen LogP contribution in [0.5, 0.6) is 0 Å². The number of fused-ring (bicyclic) bond motifs is 1. The molecule has 4 heterocycles. The van der Waals surface area contributed by atoms with E-state index in [1.165, 1.54) is 24.0 Å². The second-order valence-electron chi connectivity index (χ2n) is 11.0. The lowest BCUT2D eigenvalue weighted by Crippen LogP contribution is -2.53. The van der Waals surface area contributed by atoms with Crippen LogP contribution in [0.1, 0.15) is 74.6 Å². The van der Waals surface area contributed by atoms with Gasteiger partial charge in [0.15, 0.2) is 0 Å². The summed E-state index contributed by atoms with van der Waals surface area (Å²) in [6.45, 7) is 6.49. The second kappa shape index (κ2) is 10.2. The van der Waals surface area contributed by atoms with Crippen LogP contribution in [0, 0.1) is 0 Å². The summed E-state index contributed by atoms with van der Waals surface area (Å²) >= 11 is 0. The number of hydrogen-bond acceptors (Lipinski definition) is 5. The summed E-state index contributed by atoms with van der Waals surface area (Å²) in [5.74, 6) is 1.41. The molecule has 2 fully saturated rings. The van der Waals surface area contributed by atoms with Crippen molar-refractivity contribution in [2.45, 2.75) is 63.5 Å². The highest BCUT2D eigenvalue weighted by Gasteiger charge is 2.33. The molecule has 6 rings (SSSR count). The molecule has 0 spiro atoms. The van der Waals surface area contributed by atoms with Crippen molar-refractivity contribution in [1.29, 1.82) is 0 Å². The van der Waals surface area contributed by atoms with E-state index < -0.39 is 0 Å². The van der Waals surface area contributed by atoms with Crippen molar-refractivity contribution in [3.05, 3.63) is 77.7 Å². The fraction of sp³-hybridized carbons (Fsp3) is 0.387. The number of nitrogen functional groups attached to an aromatic ring is 1. The monoisotopic (exact) mass is 507 g/mol. The minimum Gasteiger partial charge on any atom is -0.397 e. The lowest BCUT2D eigenvalue weighted by atomic mass is 9.89. The summed E-state index contributed by atoms with van der Waals surface area (Å²) in [7, 11) is 0. The first-order chi connectivity index (χ1) is 18.5. The molecule has 38 heavy (non-hydrogen) atoms. The highest BCUT2D eigenvalue weighted by Crippen LogP contribution is 2.43. The van der Waals surface area contributed by atoms with Crippen molar-refractivity contribution in [3.8, 4) is 11.3 Å². The van der Waals surface area contributed by atoms with Crippen LogP contribution in [-0.4, -0.2) is 39.4 Å². The molecule has 1 saturated heterocycles. The standard InChI is InChI=1S/C31H37N7/c1-3-26(22-11-14-35-29-23(22)17-27(37-29)21-7-5-4-6-8-21)36-30(38-31(2)12-15-33-16-13-31)28-24(20-9-10-20)18-34-19-25(28)32/h4-8,11,14,17-20,26,33H,3,9-10,12-13,15-16,32H2,1-2H3,(H,35,37)(H,36,38). The molecule has 3 aromatic heterocycles. The van der Waals surface area contributed by atoms with Crippen LogP contribution in [0.3, 0.4) is 0 Å². The highest BCUT2D eigenvalue weighted by atomic mass is 15.1. The first kappa shape index (κ1) is 24.6. The molecule has 196 valence electrons. The molecule has 1 aliphatic carbocycles. The number of benzene rings is 1. The maximum Gasteiger partial charge on any atom is 0.138 e. The van der Waals surface area contributed by atoms with Gasteiger partial charge in [-0.25, -0.2) is 4.98 Å². The van der Waals surface area contributed by atoms with Gasteiger partial charge < -0.3 is 21.4 Å². The van der Waals surface area contributed by atoms with Crippen LogP contribution in [0.2, 0.25) is 0 Å². The number of aliphatic imine (C=N–C) groups is 1. The summed E-state index contributed by atoms with van der Waals surface area (Å²) in [5.41, 5.74) is 13.8. The van der Waals surface area contributed by atoms with Crippen LogP contribution < -0.4 is 16.4 Å². The molecule has 1 aromatic carbocycles. The zero-order valence-electron chi connectivity index (χ0n) is 22.3. The molecule has 0 bridgehead atoms. The fourth-order valence-corrected chi connectivity index (χ4v) is 5.67. The van der Waals surface area contributed by atoms with Crippen molar-refractivity contribution in [3.63, 3.8) is 0 Å². The third kappa shape index (κ3) is 4.90. The Hall–Kier alpha value is -3.71. The minimum atomic E-state index is -0.0545. The van der Waals surface area contributed by atoms with Gasteiger partial charge in [0.05, 0.1) is 17.9 Å². The zero-order chi connectivity index (χ0) is 26.1. The molecule has 1 aliphatic heterocycles. The topological polar surface area (TPSA) is 104 Å². The Balaban J connectivity index is 1.46. The Morgan fingerprint density at radius 1 is 1.16 bits per heavy atom. The minimum absolute atomic E-state index is 0.0487. The van der Waals surface area contributed by atoms with Crippen LogP contribution in [0.15, 0.2) is 66.0 Å². The number of amidine groups is 1. The number of aromatic amines is 1. The summed E-state index contributed by atoms with van der Waals surface area (Å²) in [5, 5.41) is 8.51. The lowest BCUT2D eigenvalue weighted by molar-refractivity contribution is 0.305. The first-order valence-electron chi connectivity index (χ1n) is 13.9. The summed E-state index contributed by atoms with van der Waals surface area (Å²) in [6, 6.07) is 14.7. The molecule has 2 aliphatic rings. The van der Waals surface area contributed by atoms with E-state index in [1.54, 1.807) is 6.20 Å². The average Bonchev–Trinajstić information content (AvgIpc) is 3.69. The Labute approximate surface area is 224 Å². The van der Waals surface area contributed by atoms with Gasteiger partial charge in [0.25, 0.3) is 0 Å². The van der Waals surface area contributed by atoms with Crippen LogP contribution in [0.25, 0.3) is 22.3 Å². The Kier molecular flexibility index (Phi) is 6.62. The first-order valence-corrected chi connectivity index (χ1v) is 13.9. The summed E-state index contributed by atoms with van der Waals surface area (Å²) in [6.07, 6.45) is 10.9. The van der Waals surface area contributed by atoms with E-state index in [0.717, 1.165) is 66.0 Å². The number of nitrogens with two attached hydrogens (primary N) is 1.